The van der Waals surface area contributed by atoms with Gasteiger partial charge in [-0.15, -0.1) is 0 Å². The number of nitrogens with one attached hydrogen (secondary N) is 1. The Morgan fingerprint density at radius 2 is 1.00 bits per heavy atom. The van der Waals surface area contributed by atoms with Crippen LogP contribution in [0.4, 0.5) is 0 Å². The zero-order valence-corrected chi connectivity index (χ0v) is 45.4. The first-order valence-corrected chi connectivity index (χ1v) is 30.2. The Hall–Kier alpha value is -1.68. The SMILES string of the molecule is CC/C=C\C/C=C\CCCCCCCCCCCCCCCCC(=O)NC(COC1OC(CO)C(O)C(OS(=O)(=O)O)C1O)C(O)/C=C/CCCCCCCCCCCCCCCCCCCCCC. The Morgan fingerprint density at radius 3 is 1.43 bits per heavy atom. The van der Waals surface area contributed by atoms with E-state index in [1.54, 1.807) is 6.08 Å². The van der Waals surface area contributed by atoms with Crippen molar-refractivity contribution in [3.05, 3.63) is 36.5 Å². The molecule has 13 heteroatoms. The summed E-state index contributed by atoms with van der Waals surface area (Å²) < 4.78 is 47.9. The first kappa shape index (κ1) is 66.3. The summed E-state index contributed by atoms with van der Waals surface area (Å²) in [5, 5.41) is 45.0. The molecule has 1 amide bonds. The van der Waals surface area contributed by atoms with E-state index in [-0.39, 0.29) is 18.9 Å². The van der Waals surface area contributed by atoms with E-state index >= 15 is 0 Å². The third-order valence-electron chi connectivity index (χ3n) is 13.7. The second-order valence-corrected chi connectivity index (χ2v) is 21.3. The lowest BCUT2D eigenvalue weighted by molar-refractivity contribution is -0.298. The number of aliphatic hydroxyl groups excluding tert-OH is 4. The molecule has 0 aliphatic carbocycles. The summed E-state index contributed by atoms with van der Waals surface area (Å²) >= 11 is 0. The Kier molecular flexibility index (Phi) is 44.6. The molecular weight excluding hydrogens is 907 g/mol. The highest BCUT2D eigenvalue weighted by molar-refractivity contribution is 7.80. The molecule has 0 aromatic heterocycles. The first-order valence-electron chi connectivity index (χ1n) is 28.9. The average molecular weight is 1010 g/mol. The van der Waals surface area contributed by atoms with Crippen LogP contribution in [-0.2, 0) is 28.9 Å². The van der Waals surface area contributed by atoms with Crippen molar-refractivity contribution in [2.24, 2.45) is 0 Å². The second kappa shape index (κ2) is 47.1. The average Bonchev–Trinajstić information content (AvgIpc) is 3.33. The van der Waals surface area contributed by atoms with Crippen LogP contribution < -0.4 is 5.32 Å². The fraction of sp³-hybridized carbons (Fsp3) is 0.877. The zero-order chi connectivity index (χ0) is 51.2. The Bertz CT molecular complexity index is 1380. The highest BCUT2D eigenvalue weighted by atomic mass is 32.3. The van der Waals surface area contributed by atoms with Crippen LogP contribution in [0.1, 0.15) is 264 Å². The number of unbranched alkanes of at least 4 members (excludes halogenated alkanes) is 34. The van der Waals surface area contributed by atoms with Crippen LogP contribution in [0.15, 0.2) is 36.5 Å². The lowest BCUT2D eigenvalue weighted by Crippen LogP contribution is -2.61. The van der Waals surface area contributed by atoms with Gasteiger partial charge in [-0.3, -0.25) is 9.35 Å². The largest absolute Gasteiger partial charge is 0.397 e. The Morgan fingerprint density at radius 1 is 0.586 bits per heavy atom. The predicted molar refractivity (Wildman–Crippen MR) is 287 cm³/mol. The molecule has 0 aromatic rings. The maximum atomic E-state index is 13.1. The number of ether oxygens (including phenoxy) is 2. The van der Waals surface area contributed by atoms with E-state index in [4.69, 9.17) is 9.47 Å². The van der Waals surface area contributed by atoms with Gasteiger partial charge in [0.05, 0.1) is 25.4 Å². The van der Waals surface area contributed by atoms with Crippen LogP contribution in [0.25, 0.3) is 0 Å². The van der Waals surface area contributed by atoms with Gasteiger partial charge in [-0.1, -0.05) is 249 Å². The molecular formula is C57H107NO11S. The van der Waals surface area contributed by atoms with E-state index < -0.39 is 59.9 Å². The zero-order valence-electron chi connectivity index (χ0n) is 44.6. The molecule has 1 fully saturated rings. The normalized spacial score (nSPS) is 19.8. The minimum Gasteiger partial charge on any atom is -0.394 e. The minimum absolute atomic E-state index is 0.260. The number of rotatable bonds is 50. The van der Waals surface area contributed by atoms with Gasteiger partial charge in [-0.05, 0) is 44.9 Å². The van der Waals surface area contributed by atoms with Crippen LogP contribution in [0.5, 0.6) is 0 Å². The summed E-state index contributed by atoms with van der Waals surface area (Å²) in [6.07, 6.45) is 50.4. The van der Waals surface area contributed by atoms with Gasteiger partial charge in [-0.25, -0.2) is 4.18 Å². The van der Waals surface area contributed by atoms with Crippen molar-refractivity contribution in [1.29, 1.82) is 0 Å². The van der Waals surface area contributed by atoms with Gasteiger partial charge >= 0.3 is 10.4 Å². The molecule has 0 saturated carbocycles. The van der Waals surface area contributed by atoms with Gasteiger partial charge in [-0.2, -0.15) is 8.42 Å². The van der Waals surface area contributed by atoms with Crippen molar-refractivity contribution < 1.29 is 51.8 Å². The molecule has 7 unspecified atom stereocenters. The summed E-state index contributed by atoms with van der Waals surface area (Å²) in [6.45, 7) is 3.33. The topological polar surface area (TPSA) is 192 Å². The maximum Gasteiger partial charge on any atom is 0.397 e. The number of amides is 1. The molecule has 1 heterocycles. The molecule has 1 aliphatic heterocycles. The van der Waals surface area contributed by atoms with Gasteiger partial charge in [0.1, 0.15) is 24.4 Å². The van der Waals surface area contributed by atoms with E-state index in [9.17, 15) is 38.2 Å². The van der Waals surface area contributed by atoms with Crippen molar-refractivity contribution in [2.45, 2.75) is 307 Å². The fourth-order valence-corrected chi connectivity index (χ4v) is 9.77. The van der Waals surface area contributed by atoms with E-state index in [1.807, 2.05) is 6.08 Å². The first-order chi connectivity index (χ1) is 34.0. The second-order valence-electron chi connectivity index (χ2n) is 20.2. The fourth-order valence-electron chi connectivity index (χ4n) is 9.26. The van der Waals surface area contributed by atoms with E-state index in [0.717, 1.165) is 51.4 Å². The highest BCUT2D eigenvalue weighted by Crippen LogP contribution is 2.26. The van der Waals surface area contributed by atoms with Crippen LogP contribution >= 0.6 is 0 Å². The number of aliphatic hydroxyl groups is 4. The molecule has 1 saturated heterocycles. The molecule has 1 rings (SSSR count). The molecule has 7 atom stereocenters. The molecule has 0 bridgehead atoms. The summed E-state index contributed by atoms with van der Waals surface area (Å²) in [7, 11) is -5.09. The van der Waals surface area contributed by atoms with Crippen molar-refractivity contribution in [1.82, 2.24) is 5.32 Å². The number of carbonyl (C=O) groups is 1. The van der Waals surface area contributed by atoms with Gasteiger partial charge < -0.3 is 35.2 Å². The van der Waals surface area contributed by atoms with Crippen molar-refractivity contribution >= 4 is 16.3 Å². The van der Waals surface area contributed by atoms with Gasteiger partial charge in [0, 0.05) is 6.42 Å². The van der Waals surface area contributed by atoms with Crippen molar-refractivity contribution in [3.8, 4) is 0 Å². The summed E-state index contributed by atoms with van der Waals surface area (Å²) in [5.74, 6) is -0.260. The number of hydrogen-bond donors (Lipinski definition) is 6. The van der Waals surface area contributed by atoms with Crippen LogP contribution in [0, 0.1) is 0 Å². The summed E-state index contributed by atoms with van der Waals surface area (Å²) in [5.41, 5.74) is 0. The molecule has 70 heavy (non-hydrogen) atoms. The highest BCUT2D eigenvalue weighted by Gasteiger charge is 2.48. The maximum absolute atomic E-state index is 13.1. The van der Waals surface area contributed by atoms with E-state index in [2.05, 4.69) is 47.7 Å². The van der Waals surface area contributed by atoms with E-state index in [1.165, 1.54) is 186 Å². The molecule has 12 nitrogen and oxygen atoms in total. The van der Waals surface area contributed by atoms with Crippen LogP contribution in [0.3, 0.4) is 0 Å². The third-order valence-corrected chi connectivity index (χ3v) is 14.1. The summed E-state index contributed by atoms with van der Waals surface area (Å²) in [4.78, 5) is 13.1. The Balaban J connectivity index is 2.38. The van der Waals surface area contributed by atoms with Gasteiger partial charge in [0.2, 0.25) is 5.91 Å². The van der Waals surface area contributed by atoms with Crippen molar-refractivity contribution in [3.63, 3.8) is 0 Å². The van der Waals surface area contributed by atoms with Gasteiger partial charge in [0.15, 0.2) is 6.29 Å². The van der Waals surface area contributed by atoms with Gasteiger partial charge in [0.25, 0.3) is 0 Å². The Labute approximate surface area is 428 Å². The molecule has 6 N–H and O–H groups in total. The minimum atomic E-state index is -5.09. The number of allylic oxidation sites excluding steroid dienone is 5. The molecule has 0 aromatic carbocycles. The lowest BCUT2D eigenvalue weighted by atomic mass is 9.99. The predicted octanol–water partition coefficient (Wildman–Crippen LogP) is 13.4. The lowest BCUT2D eigenvalue weighted by Gasteiger charge is -2.41. The number of carbonyl (C=O) groups excluding carboxylic acids is 1. The molecule has 1 aliphatic rings. The quantitative estimate of drug-likeness (QED) is 0.0193. The van der Waals surface area contributed by atoms with Crippen LogP contribution in [0.2, 0.25) is 0 Å². The standard InChI is InChI=1S/C57H107NO11S/c1-3-5-7-9-11-13-15-17-19-21-23-25-27-28-30-32-34-36-38-40-42-44-46-51(60)50(49-67-57-55(63)56(69-70(64,65)66)54(62)52(48-59)68-57)58-53(61)47-45-43-41-39-37-35-33-31-29-26-24-22-20-18-16-14-12-10-8-6-4-2/h6,8,12,14,44,46,50-52,54-57,59-60,62-63H,3-5,7,9-11,13,15-43,45,47-49H2,1-2H3,(H,58,61)(H,64,65,66)/b8-6-,14-12-,46-44+. The summed E-state index contributed by atoms with van der Waals surface area (Å²) in [6, 6.07) is -0.944. The van der Waals surface area contributed by atoms with Crippen molar-refractivity contribution in [2.75, 3.05) is 13.2 Å². The van der Waals surface area contributed by atoms with E-state index in [0.29, 0.717) is 6.42 Å². The molecule has 412 valence electrons. The smallest absolute Gasteiger partial charge is 0.394 e. The molecule has 0 radical (unpaired) electrons. The van der Waals surface area contributed by atoms with Crippen LogP contribution in [-0.4, -0.2) is 95.4 Å². The number of hydrogen-bond acceptors (Lipinski definition) is 10. The third kappa shape index (κ3) is 38.9. The molecule has 0 spiro atoms. The monoisotopic (exact) mass is 1010 g/mol.